The zero-order chi connectivity index (χ0) is 15.4. The van der Waals surface area contributed by atoms with Crippen LogP contribution in [0.3, 0.4) is 0 Å². The van der Waals surface area contributed by atoms with E-state index < -0.39 is 0 Å². The fraction of sp³-hybridized carbons (Fsp3) is 0.438. The van der Waals surface area contributed by atoms with Gasteiger partial charge in [0.25, 0.3) is 0 Å². The van der Waals surface area contributed by atoms with Crippen LogP contribution in [-0.4, -0.2) is 39.3 Å². The Morgan fingerprint density at radius 3 is 3.09 bits per heavy atom. The molecule has 0 aliphatic carbocycles. The molecule has 6 nitrogen and oxygen atoms in total. The lowest BCUT2D eigenvalue weighted by atomic mass is 10.2. The van der Waals surface area contributed by atoms with Crippen LogP contribution in [0.5, 0.6) is 0 Å². The molecule has 116 valence electrons. The van der Waals surface area contributed by atoms with Crippen LogP contribution in [0.25, 0.3) is 0 Å². The Bertz CT molecular complexity index is 633. The Hall–Kier alpha value is -2.21. The zero-order valence-corrected chi connectivity index (χ0v) is 12.7. The lowest BCUT2D eigenvalue weighted by molar-refractivity contribution is 0.266. The minimum absolute atomic E-state index is 0.167. The van der Waals surface area contributed by atoms with Crippen molar-refractivity contribution in [2.45, 2.75) is 32.4 Å². The predicted molar refractivity (Wildman–Crippen MR) is 85.8 cm³/mol. The Kier molecular flexibility index (Phi) is 4.48. The third-order valence-electron chi connectivity index (χ3n) is 4.09. The highest BCUT2D eigenvalue weighted by Crippen LogP contribution is 2.24. The number of anilines is 2. The third kappa shape index (κ3) is 3.17. The maximum atomic E-state index is 9.44. The van der Waals surface area contributed by atoms with Crippen LogP contribution < -0.4 is 10.2 Å². The maximum absolute atomic E-state index is 9.44. The minimum Gasteiger partial charge on any atom is -0.394 e. The summed E-state index contributed by atoms with van der Waals surface area (Å²) in [4.78, 5) is 15.1. The molecule has 0 radical (unpaired) electrons. The van der Waals surface area contributed by atoms with Gasteiger partial charge >= 0.3 is 0 Å². The summed E-state index contributed by atoms with van der Waals surface area (Å²) in [6.45, 7) is 3.78. The number of nitrogens with one attached hydrogen (secondary N) is 1. The van der Waals surface area contributed by atoms with Crippen molar-refractivity contribution < 1.29 is 5.11 Å². The van der Waals surface area contributed by atoms with Crippen LogP contribution in [0.15, 0.2) is 30.7 Å². The normalized spacial score (nSPS) is 17.7. The lowest BCUT2D eigenvalue weighted by Crippen LogP contribution is -2.32. The largest absolute Gasteiger partial charge is 0.394 e. The Morgan fingerprint density at radius 1 is 1.36 bits per heavy atom. The van der Waals surface area contributed by atoms with E-state index in [1.165, 1.54) is 0 Å². The van der Waals surface area contributed by atoms with E-state index in [2.05, 4.69) is 25.2 Å². The van der Waals surface area contributed by atoms with E-state index in [0.29, 0.717) is 6.54 Å². The van der Waals surface area contributed by atoms with E-state index in [1.54, 1.807) is 12.5 Å². The van der Waals surface area contributed by atoms with E-state index in [9.17, 15) is 5.11 Å². The van der Waals surface area contributed by atoms with Gasteiger partial charge in [-0.3, -0.25) is 4.98 Å². The summed E-state index contributed by atoms with van der Waals surface area (Å²) >= 11 is 0. The molecule has 1 saturated heterocycles. The zero-order valence-electron chi connectivity index (χ0n) is 12.7. The van der Waals surface area contributed by atoms with Gasteiger partial charge in [0, 0.05) is 18.8 Å². The van der Waals surface area contributed by atoms with Crippen molar-refractivity contribution >= 4 is 11.6 Å². The highest BCUT2D eigenvalue weighted by atomic mass is 16.3. The molecule has 0 aromatic carbocycles. The number of aromatic nitrogens is 3. The first-order valence-corrected chi connectivity index (χ1v) is 7.62. The highest BCUT2D eigenvalue weighted by molar-refractivity contribution is 5.50. The van der Waals surface area contributed by atoms with Crippen molar-refractivity contribution in [2.24, 2.45) is 0 Å². The number of hydrogen-bond acceptors (Lipinski definition) is 6. The molecule has 1 atom stereocenters. The van der Waals surface area contributed by atoms with Gasteiger partial charge in [-0.05, 0) is 31.4 Å². The van der Waals surface area contributed by atoms with Gasteiger partial charge in [-0.1, -0.05) is 6.07 Å². The highest BCUT2D eigenvalue weighted by Gasteiger charge is 2.25. The van der Waals surface area contributed by atoms with Crippen LogP contribution in [0.4, 0.5) is 11.6 Å². The van der Waals surface area contributed by atoms with Gasteiger partial charge in [0.05, 0.1) is 24.9 Å². The van der Waals surface area contributed by atoms with Crippen molar-refractivity contribution in [2.75, 3.05) is 23.4 Å². The molecule has 1 aliphatic heterocycles. The lowest BCUT2D eigenvalue weighted by Gasteiger charge is -2.24. The molecule has 0 bridgehead atoms. The second kappa shape index (κ2) is 6.70. The molecule has 3 rings (SSSR count). The third-order valence-corrected chi connectivity index (χ3v) is 4.09. The smallest absolute Gasteiger partial charge is 0.134 e. The van der Waals surface area contributed by atoms with E-state index in [-0.39, 0.29) is 12.6 Å². The van der Waals surface area contributed by atoms with Crippen LogP contribution in [0.2, 0.25) is 0 Å². The fourth-order valence-corrected chi connectivity index (χ4v) is 2.81. The summed E-state index contributed by atoms with van der Waals surface area (Å²) in [5, 5.41) is 12.7. The van der Waals surface area contributed by atoms with Crippen molar-refractivity contribution in [3.05, 3.63) is 42.0 Å². The predicted octanol–water partition coefficient (Wildman–Crippen LogP) is 1.75. The molecule has 0 spiro atoms. The average molecular weight is 299 g/mol. The number of aryl methyl sites for hydroxylation is 1. The average Bonchev–Trinajstić information content (AvgIpc) is 3.03. The Balaban J connectivity index is 1.70. The van der Waals surface area contributed by atoms with Crippen molar-refractivity contribution in [3.63, 3.8) is 0 Å². The first-order chi connectivity index (χ1) is 10.8. The number of rotatable bonds is 5. The molecule has 1 unspecified atom stereocenters. The molecule has 22 heavy (non-hydrogen) atoms. The standard InChI is InChI=1S/C16H21N5O/c1-12-4-2-6-17-14(12)9-18-15-8-16(20-11-19-15)21-7-3-5-13(21)10-22/h2,4,6,8,11,13,22H,3,5,7,9-10H2,1H3,(H,18,19,20). The van der Waals surface area contributed by atoms with Crippen LogP contribution in [0.1, 0.15) is 24.1 Å². The molecule has 2 aromatic heterocycles. The summed E-state index contributed by atoms with van der Waals surface area (Å²) in [5.74, 6) is 1.64. The van der Waals surface area contributed by atoms with E-state index in [1.807, 2.05) is 25.1 Å². The molecular weight excluding hydrogens is 278 g/mol. The summed E-state index contributed by atoms with van der Waals surface area (Å²) in [5.41, 5.74) is 2.17. The molecule has 1 fully saturated rings. The van der Waals surface area contributed by atoms with E-state index in [4.69, 9.17) is 0 Å². The molecule has 0 amide bonds. The summed E-state index contributed by atoms with van der Waals surface area (Å²) < 4.78 is 0. The number of aliphatic hydroxyl groups is 1. The van der Waals surface area contributed by atoms with Crippen molar-refractivity contribution in [3.8, 4) is 0 Å². The minimum atomic E-state index is 0.167. The van der Waals surface area contributed by atoms with Gasteiger partial charge in [-0.15, -0.1) is 0 Å². The molecule has 2 aromatic rings. The van der Waals surface area contributed by atoms with Gasteiger partial charge in [-0.2, -0.15) is 0 Å². The molecule has 2 N–H and O–H groups in total. The van der Waals surface area contributed by atoms with Gasteiger partial charge in [-0.25, -0.2) is 9.97 Å². The molecular formula is C16H21N5O. The molecule has 6 heteroatoms. The van der Waals surface area contributed by atoms with Crippen molar-refractivity contribution in [1.82, 2.24) is 15.0 Å². The summed E-state index contributed by atoms with van der Waals surface area (Å²) in [7, 11) is 0. The Labute approximate surface area is 130 Å². The number of aliphatic hydroxyl groups excluding tert-OH is 1. The monoisotopic (exact) mass is 299 g/mol. The first kappa shape index (κ1) is 14.7. The number of pyridine rings is 1. The van der Waals surface area contributed by atoms with Crippen LogP contribution in [0, 0.1) is 6.92 Å². The van der Waals surface area contributed by atoms with Crippen LogP contribution in [-0.2, 0) is 6.54 Å². The maximum Gasteiger partial charge on any atom is 0.134 e. The SMILES string of the molecule is Cc1cccnc1CNc1cc(N2CCCC2CO)ncn1. The van der Waals surface area contributed by atoms with Gasteiger partial charge in [0.1, 0.15) is 18.0 Å². The topological polar surface area (TPSA) is 74.2 Å². The molecule has 3 heterocycles. The second-order valence-electron chi connectivity index (χ2n) is 5.55. The number of nitrogens with zero attached hydrogens (tertiary/aromatic N) is 4. The second-order valence-corrected chi connectivity index (χ2v) is 5.55. The first-order valence-electron chi connectivity index (χ1n) is 7.62. The Morgan fingerprint density at radius 2 is 2.27 bits per heavy atom. The van der Waals surface area contributed by atoms with E-state index >= 15 is 0 Å². The van der Waals surface area contributed by atoms with Crippen LogP contribution >= 0.6 is 0 Å². The summed E-state index contributed by atoms with van der Waals surface area (Å²) in [6, 6.07) is 6.09. The molecule has 1 aliphatic rings. The summed E-state index contributed by atoms with van der Waals surface area (Å²) in [6.07, 6.45) is 5.46. The quantitative estimate of drug-likeness (QED) is 0.876. The van der Waals surface area contributed by atoms with Gasteiger partial charge in [0.2, 0.25) is 0 Å². The van der Waals surface area contributed by atoms with Gasteiger partial charge < -0.3 is 15.3 Å². The van der Waals surface area contributed by atoms with E-state index in [0.717, 1.165) is 42.3 Å². The van der Waals surface area contributed by atoms with Gasteiger partial charge in [0.15, 0.2) is 0 Å². The number of hydrogen-bond donors (Lipinski definition) is 2. The molecule has 0 saturated carbocycles. The van der Waals surface area contributed by atoms with Crippen molar-refractivity contribution in [1.29, 1.82) is 0 Å². The fourth-order valence-electron chi connectivity index (χ4n) is 2.81.